The van der Waals surface area contributed by atoms with Crippen LogP contribution in [0.5, 0.6) is 11.5 Å². The highest BCUT2D eigenvalue weighted by molar-refractivity contribution is 6.04. The molecule has 3 aliphatic rings. The van der Waals surface area contributed by atoms with Gasteiger partial charge in [-0.2, -0.15) is 0 Å². The summed E-state index contributed by atoms with van der Waals surface area (Å²) in [5.41, 5.74) is 4.64. The molecular formula is C38H41N7O6. The number of methoxy groups -OCH3 is 1. The van der Waals surface area contributed by atoms with E-state index in [1.165, 1.54) is 7.11 Å². The van der Waals surface area contributed by atoms with Crippen molar-refractivity contribution in [3.8, 4) is 22.6 Å². The van der Waals surface area contributed by atoms with Gasteiger partial charge in [-0.1, -0.05) is 12.1 Å². The van der Waals surface area contributed by atoms with E-state index in [0.717, 1.165) is 49.4 Å². The average molecular weight is 692 g/mol. The highest BCUT2D eigenvalue weighted by Crippen LogP contribution is 2.38. The first-order valence-corrected chi connectivity index (χ1v) is 17.2. The summed E-state index contributed by atoms with van der Waals surface area (Å²) >= 11 is 0. The molecule has 2 aromatic heterocycles. The third kappa shape index (κ3) is 7.58. The number of fused-ring (bicyclic) bond motifs is 2. The first-order chi connectivity index (χ1) is 24.9. The summed E-state index contributed by atoms with van der Waals surface area (Å²) < 4.78 is 18.7. The molecule has 2 N–H and O–H groups in total. The maximum absolute atomic E-state index is 13.1. The molecule has 264 valence electrons. The minimum atomic E-state index is -0.234. The first-order valence-electron chi connectivity index (χ1n) is 17.2. The second-order valence-corrected chi connectivity index (χ2v) is 12.8. The van der Waals surface area contributed by atoms with Crippen molar-refractivity contribution >= 4 is 46.8 Å². The Morgan fingerprint density at radius 1 is 0.961 bits per heavy atom. The number of carbonyl (C=O) groups is 3. The molecule has 0 spiro atoms. The van der Waals surface area contributed by atoms with Crippen LogP contribution < -0.4 is 25.0 Å². The van der Waals surface area contributed by atoms with Gasteiger partial charge >= 0.3 is 0 Å². The molecule has 1 atom stereocenters. The van der Waals surface area contributed by atoms with Crippen molar-refractivity contribution in [2.45, 2.75) is 31.7 Å². The zero-order chi connectivity index (χ0) is 35.3. The number of anilines is 3. The number of hydrogen-bond acceptors (Lipinski definition) is 9. The van der Waals surface area contributed by atoms with E-state index in [4.69, 9.17) is 14.2 Å². The van der Waals surface area contributed by atoms with Gasteiger partial charge in [-0.15, -0.1) is 0 Å². The summed E-state index contributed by atoms with van der Waals surface area (Å²) in [6.45, 7) is 3.96. The Balaban J connectivity index is 0.894. The van der Waals surface area contributed by atoms with E-state index in [-0.39, 0.29) is 36.8 Å². The fourth-order valence-corrected chi connectivity index (χ4v) is 6.59. The molecule has 2 fully saturated rings. The third-order valence-corrected chi connectivity index (χ3v) is 9.34. The molecule has 2 aromatic carbocycles. The summed E-state index contributed by atoms with van der Waals surface area (Å²) in [6, 6.07) is 16.5. The van der Waals surface area contributed by atoms with Crippen molar-refractivity contribution in [3.05, 3.63) is 78.2 Å². The first kappa shape index (κ1) is 33.8. The molecule has 13 heteroatoms. The molecule has 51 heavy (non-hydrogen) atoms. The molecule has 7 rings (SSSR count). The maximum Gasteiger partial charge on any atom is 0.272 e. The molecule has 0 bridgehead atoms. The van der Waals surface area contributed by atoms with Crippen molar-refractivity contribution < 1.29 is 28.6 Å². The summed E-state index contributed by atoms with van der Waals surface area (Å²) in [6.07, 6.45) is 8.02. The van der Waals surface area contributed by atoms with Crippen LogP contribution in [0.1, 0.15) is 46.5 Å². The monoisotopic (exact) mass is 691 g/mol. The Morgan fingerprint density at radius 2 is 1.76 bits per heavy atom. The van der Waals surface area contributed by atoms with Crippen LogP contribution >= 0.6 is 0 Å². The van der Waals surface area contributed by atoms with Crippen molar-refractivity contribution in [1.29, 1.82) is 0 Å². The third-order valence-electron chi connectivity index (χ3n) is 9.34. The van der Waals surface area contributed by atoms with Crippen LogP contribution in [0.4, 0.5) is 22.9 Å². The SMILES string of the molecule is COc1cc2c(cc1OCCCC(=O)Nc1ccc(-c3cc(C(=O)Nc4ccc(N5CCOCC5)nc4)n(C)c3)cc1)N=CC1CCCN1C2=O. The second kappa shape index (κ2) is 15.1. The number of ether oxygens (including phenoxy) is 3. The van der Waals surface area contributed by atoms with Crippen LogP contribution in [0.25, 0.3) is 11.1 Å². The molecule has 5 heterocycles. The lowest BCUT2D eigenvalue weighted by molar-refractivity contribution is -0.116. The smallest absolute Gasteiger partial charge is 0.272 e. The summed E-state index contributed by atoms with van der Waals surface area (Å²) in [5.74, 6) is 1.38. The maximum atomic E-state index is 13.1. The number of nitrogens with one attached hydrogen (secondary N) is 2. The van der Waals surface area contributed by atoms with Crippen LogP contribution in [-0.2, 0) is 16.6 Å². The topological polar surface area (TPSA) is 140 Å². The van der Waals surface area contributed by atoms with Crippen LogP contribution in [0.3, 0.4) is 0 Å². The molecule has 2 saturated heterocycles. The number of benzene rings is 2. The van der Waals surface area contributed by atoms with E-state index >= 15 is 0 Å². The van der Waals surface area contributed by atoms with Gasteiger partial charge in [0.05, 0.1) is 56.1 Å². The van der Waals surface area contributed by atoms with Crippen LogP contribution in [0.15, 0.2) is 72.0 Å². The second-order valence-electron chi connectivity index (χ2n) is 12.8. The zero-order valence-electron chi connectivity index (χ0n) is 28.8. The average Bonchev–Trinajstić information content (AvgIpc) is 3.77. The Bertz CT molecular complexity index is 1930. The molecular weight excluding hydrogens is 650 g/mol. The molecule has 0 aliphatic carbocycles. The number of aliphatic imine (C=N–C) groups is 1. The van der Waals surface area contributed by atoms with Crippen molar-refractivity contribution in [2.75, 3.05) is 62.1 Å². The number of carbonyl (C=O) groups excluding carboxylic acids is 3. The standard InChI is InChI=1S/C38H41N7O6/c1-43-24-26(19-32(43)37(47)42-28-11-12-35(40-22-28)44-14-17-50-18-15-44)25-7-9-27(10-8-25)41-36(46)6-4-16-51-34-21-31-30(20-33(34)49-2)38(48)45-13-3-5-29(45)23-39-31/h7-12,19-24,29H,3-6,13-18H2,1-2H3,(H,41,46)(H,42,47). The fraction of sp³-hybridized carbons (Fsp3) is 0.342. The van der Waals surface area contributed by atoms with Crippen LogP contribution in [0, 0.1) is 0 Å². The minimum absolute atomic E-state index is 0.0217. The number of amides is 3. The van der Waals surface area contributed by atoms with Gasteiger partial charge in [0.15, 0.2) is 11.5 Å². The normalized spacial score (nSPS) is 16.7. The van der Waals surface area contributed by atoms with Gasteiger partial charge in [-0.25, -0.2) is 4.98 Å². The summed E-state index contributed by atoms with van der Waals surface area (Å²) in [4.78, 5) is 52.0. The Morgan fingerprint density at radius 3 is 2.53 bits per heavy atom. The number of hydrogen-bond donors (Lipinski definition) is 2. The Kier molecular flexibility index (Phi) is 9.97. The molecule has 1 unspecified atom stereocenters. The Labute approximate surface area is 296 Å². The fourth-order valence-electron chi connectivity index (χ4n) is 6.59. The van der Waals surface area contributed by atoms with E-state index in [1.807, 2.05) is 66.8 Å². The molecule has 3 amide bonds. The van der Waals surface area contributed by atoms with Crippen LogP contribution in [-0.4, -0.2) is 91.0 Å². The predicted molar refractivity (Wildman–Crippen MR) is 195 cm³/mol. The molecule has 0 radical (unpaired) electrons. The van der Waals surface area contributed by atoms with Gasteiger partial charge < -0.3 is 39.2 Å². The zero-order valence-corrected chi connectivity index (χ0v) is 28.8. The lowest BCUT2D eigenvalue weighted by Gasteiger charge is -2.27. The largest absolute Gasteiger partial charge is 0.493 e. The van der Waals surface area contributed by atoms with E-state index in [0.29, 0.717) is 59.5 Å². The van der Waals surface area contributed by atoms with E-state index in [2.05, 4.69) is 25.5 Å². The molecule has 3 aliphatic heterocycles. The van der Waals surface area contributed by atoms with Gasteiger partial charge in [-0.05, 0) is 61.2 Å². The summed E-state index contributed by atoms with van der Waals surface area (Å²) in [5, 5.41) is 5.87. The number of aromatic nitrogens is 2. The quantitative estimate of drug-likeness (QED) is 0.202. The van der Waals surface area contributed by atoms with Crippen molar-refractivity contribution in [3.63, 3.8) is 0 Å². The number of nitrogens with zero attached hydrogens (tertiary/aromatic N) is 5. The van der Waals surface area contributed by atoms with Crippen molar-refractivity contribution in [1.82, 2.24) is 14.5 Å². The van der Waals surface area contributed by atoms with Crippen molar-refractivity contribution in [2.24, 2.45) is 12.0 Å². The van der Waals surface area contributed by atoms with E-state index < -0.39 is 0 Å². The predicted octanol–water partition coefficient (Wildman–Crippen LogP) is 5.30. The van der Waals surface area contributed by atoms with Crippen LogP contribution in [0.2, 0.25) is 0 Å². The molecule has 13 nitrogen and oxygen atoms in total. The summed E-state index contributed by atoms with van der Waals surface area (Å²) in [7, 11) is 3.37. The van der Waals surface area contributed by atoms with E-state index in [9.17, 15) is 14.4 Å². The number of aryl methyl sites for hydroxylation is 1. The van der Waals surface area contributed by atoms with Gasteiger partial charge in [0, 0.05) is 62.8 Å². The molecule has 0 saturated carbocycles. The lowest BCUT2D eigenvalue weighted by Crippen LogP contribution is -2.36. The van der Waals surface area contributed by atoms with Gasteiger partial charge in [0.25, 0.3) is 11.8 Å². The molecule has 4 aromatic rings. The van der Waals surface area contributed by atoms with Gasteiger partial charge in [-0.3, -0.25) is 19.4 Å². The highest BCUT2D eigenvalue weighted by atomic mass is 16.5. The number of rotatable bonds is 11. The van der Waals surface area contributed by atoms with Gasteiger partial charge in [0.1, 0.15) is 11.5 Å². The highest BCUT2D eigenvalue weighted by Gasteiger charge is 2.32. The number of pyridine rings is 1. The lowest BCUT2D eigenvalue weighted by atomic mass is 10.1. The number of morpholine rings is 1. The Hall–Kier alpha value is -5.69. The van der Waals surface area contributed by atoms with Gasteiger partial charge in [0.2, 0.25) is 5.91 Å². The van der Waals surface area contributed by atoms with E-state index in [1.54, 1.807) is 22.9 Å². The minimum Gasteiger partial charge on any atom is -0.493 e.